The van der Waals surface area contributed by atoms with Crippen LogP contribution in [0.2, 0.25) is 0 Å². The van der Waals surface area contributed by atoms with Crippen molar-refractivity contribution in [2.24, 2.45) is 5.92 Å². The molecule has 5 heteroatoms. The van der Waals surface area contributed by atoms with Crippen molar-refractivity contribution >= 4 is 11.9 Å². The molecule has 0 aromatic rings. The van der Waals surface area contributed by atoms with Crippen LogP contribution < -0.4 is 0 Å². The summed E-state index contributed by atoms with van der Waals surface area (Å²) >= 11 is 0. The molecule has 0 N–H and O–H groups in total. The van der Waals surface area contributed by atoms with Crippen LogP contribution in [0.5, 0.6) is 0 Å². The zero-order valence-electron chi connectivity index (χ0n) is 13.7. The highest BCUT2D eigenvalue weighted by atomic mass is 16.6. The largest absolute Gasteiger partial charge is 0.463 e. The van der Waals surface area contributed by atoms with E-state index in [0.717, 1.165) is 32.1 Å². The van der Waals surface area contributed by atoms with E-state index in [-0.39, 0.29) is 31.1 Å². The van der Waals surface area contributed by atoms with Crippen LogP contribution in [0.15, 0.2) is 0 Å². The third kappa shape index (κ3) is 11.3. The third-order valence-corrected chi connectivity index (χ3v) is 3.15. The van der Waals surface area contributed by atoms with Crippen molar-refractivity contribution in [2.45, 2.75) is 59.3 Å². The molecule has 5 nitrogen and oxygen atoms in total. The van der Waals surface area contributed by atoms with Crippen LogP contribution in [0.3, 0.4) is 0 Å². The maximum absolute atomic E-state index is 11.8. The van der Waals surface area contributed by atoms with Crippen molar-refractivity contribution in [3.05, 3.63) is 0 Å². The number of carbonyl (C=O) groups is 2. The summed E-state index contributed by atoms with van der Waals surface area (Å²) in [4.78, 5) is 22.9. The molecule has 1 atom stereocenters. The predicted octanol–water partition coefficient (Wildman–Crippen LogP) is 3.11. The van der Waals surface area contributed by atoms with Crippen LogP contribution >= 0.6 is 0 Å². The van der Waals surface area contributed by atoms with E-state index in [1.54, 1.807) is 0 Å². The van der Waals surface area contributed by atoms with Gasteiger partial charge in [0.2, 0.25) is 0 Å². The van der Waals surface area contributed by atoms with E-state index < -0.39 is 0 Å². The lowest BCUT2D eigenvalue weighted by Crippen LogP contribution is -2.20. The predicted molar refractivity (Wildman–Crippen MR) is 81.0 cm³/mol. The molecule has 0 fully saturated rings. The fraction of sp³-hybridized carbons (Fsp3) is 0.875. The van der Waals surface area contributed by atoms with Gasteiger partial charge in [-0.3, -0.25) is 9.59 Å². The SMILES string of the molecule is CCCCC(CC)C(=O)OCCOCCOC(=O)CCC. The van der Waals surface area contributed by atoms with Gasteiger partial charge in [-0.25, -0.2) is 0 Å². The number of unbranched alkanes of at least 4 members (excludes halogenated alkanes) is 1. The first-order chi connectivity index (χ1) is 10.2. The van der Waals surface area contributed by atoms with Gasteiger partial charge in [-0.05, 0) is 19.3 Å². The number of ether oxygens (including phenoxy) is 3. The highest BCUT2D eigenvalue weighted by Crippen LogP contribution is 2.14. The number of rotatable bonds is 13. The van der Waals surface area contributed by atoms with E-state index in [1.165, 1.54) is 0 Å². The van der Waals surface area contributed by atoms with E-state index in [9.17, 15) is 9.59 Å². The molecule has 124 valence electrons. The van der Waals surface area contributed by atoms with Crippen molar-refractivity contribution < 1.29 is 23.8 Å². The molecular weight excluding hydrogens is 272 g/mol. The summed E-state index contributed by atoms with van der Waals surface area (Å²) in [5.74, 6) is -0.335. The molecule has 0 spiro atoms. The molecule has 0 radical (unpaired) electrons. The zero-order valence-corrected chi connectivity index (χ0v) is 13.7. The maximum atomic E-state index is 11.8. The second-order valence-corrected chi connectivity index (χ2v) is 5.00. The Morgan fingerprint density at radius 3 is 2.14 bits per heavy atom. The van der Waals surface area contributed by atoms with Crippen LogP contribution in [-0.2, 0) is 23.8 Å². The molecule has 0 heterocycles. The highest BCUT2D eigenvalue weighted by Gasteiger charge is 2.16. The second-order valence-electron chi connectivity index (χ2n) is 5.00. The summed E-state index contributed by atoms with van der Waals surface area (Å²) in [7, 11) is 0. The number of hydrogen-bond donors (Lipinski definition) is 0. The smallest absolute Gasteiger partial charge is 0.308 e. The van der Waals surface area contributed by atoms with Gasteiger partial charge in [0.15, 0.2) is 0 Å². The van der Waals surface area contributed by atoms with Gasteiger partial charge >= 0.3 is 11.9 Å². The number of hydrogen-bond acceptors (Lipinski definition) is 5. The minimum absolute atomic E-state index is 0.0000475. The summed E-state index contributed by atoms with van der Waals surface area (Å²) in [6.07, 6.45) is 5.06. The van der Waals surface area contributed by atoms with E-state index in [4.69, 9.17) is 14.2 Å². The lowest BCUT2D eigenvalue weighted by atomic mass is 10.00. The first kappa shape index (κ1) is 19.9. The lowest BCUT2D eigenvalue weighted by molar-refractivity contribution is -0.150. The van der Waals surface area contributed by atoms with E-state index in [2.05, 4.69) is 6.92 Å². The van der Waals surface area contributed by atoms with Crippen molar-refractivity contribution in [1.29, 1.82) is 0 Å². The molecular formula is C16H30O5. The number of carbonyl (C=O) groups excluding carboxylic acids is 2. The molecule has 0 aromatic carbocycles. The molecule has 0 aromatic heterocycles. The molecule has 0 amide bonds. The van der Waals surface area contributed by atoms with Crippen LogP contribution in [-0.4, -0.2) is 38.4 Å². The molecule has 0 saturated heterocycles. The van der Waals surface area contributed by atoms with E-state index in [1.807, 2.05) is 13.8 Å². The Hall–Kier alpha value is -1.10. The minimum atomic E-state index is -0.200. The van der Waals surface area contributed by atoms with E-state index >= 15 is 0 Å². The molecule has 0 aliphatic heterocycles. The quantitative estimate of drug-likeness (QED) is 0.386. The Balaban J connectivity index is 3.52. The summed E-state index contributed by atoms with van der Waals surface area (Å²) < 4.78 is 15.4. The summed E-state index contributed by atoms with van der Waals surface area (Å²) in [6, 6.07) is 0. The molecule has 1 unspecified atom stereocenters. The maximum Gasteiger partial charge on any atom is 0.308 e. The van der Waals surface area contributed by atoms with Crippen LogP contribution in [0, 0.1) is 5.92 Å². The minimum Gasteiger partial charge on any atom is -0.463 e. The normalized spacial score (nSPS) is 12.0. The molecule has 0 bridgehead atoms. The zero-order chi connectivity index (χ0) is 15.9. The van der Waals surface area contributed by atoms with Gasteiger partial charge in [0, 0.05) is 6.42 Å². The monoisotopic (exact) mass is 302 g/mol. The van der Waals surface area contributed by atoms with Gasteiger partial charge in [-0.15, -0.1) is 0 Å². The van der Waals surface area contributed by atoms with Crippen LogP contribution in [0.25, 0.3) is 0 Å². The standard InChI is InChI=1S/C16H30O5/c1-4-7-9-14(6-3)16(18)21-13-11-19-10-12-20-15(17)8-5-2/h14H,4-13H2,1-3H3. The van der Waals surface area contributed by atoms with Gasteiger partial charge in [0.1, 0.15) is 13.2 Å². The van der Waals surface area contributed by atoms with Gasteiger partial charge in [0.25, 0.3) is 0 Å². The first-order valence-electron chi connectivity index (χ1n) is 8.05. The molecule has 21 heavy (non-hydrogen) atoms. The van der Waals surface area contributed by atoms with Crippen LogP contribution in [0.1, 0.15) is 59.3 Å². The summed E-state index contributed by atoms with van der Waals surface area (Å²) in [5.41, 5.74) is 0. The highest BCUT2D eigenvalue weighted by molar-refractivity contribution is 5.72. The van der Waals surface area contributed by atoms with Gasteiger partial charge in [0.05, 0.1) is 19.1 Å². The number of esters is 2. The van der Waals surface area contributed by atoms with Crippen molar-refractivity contribution in [3.63, 3.8) is 0 Å². The Kier molecular flexibility index (Phi) is 13.1. The molecule has 0 aliphatic rings. The Labute approximate surface area is 128 Å². The Morgan fingerprint density at radius 1 is 0.905 bits per heavy atom. The lowest BCUT2D eigenvalue weighted by Gasteiger charge is -2.13. The van der Waals surface area contributed by atoms with Crippen LogP contribution in [0.4, 0.5) is 0 Å². The summed E-state index contributed by atoms with van der Waals surface area (Å²) in [6.45, 7) is 7.21. The van der Waals surface area contributed by atoms with Gasteiger partial charge in [-0.1, -0.05) is 33.6 Å². The summed E-state index contributed by atoms with van der Waals surface area (Å²) in [5, 5.41) is 0. The fourth-order valence-corrected chi connectivity index (χ4v) is 1.85. The average molecular weight is 302 g/mol. The van der Waals surface area contributed by atoms with Crippen molar-refractivity contribution in [2.75, 3.05) is 26.4 Å². The molecule has 0 aliphatic carbocycles. The first-order valence-corrected chi connectivity index (χ1v) is 8.05. The Bertz CT molecular complexity index is 278. The second kappa shape index (κ2) is 13.9. The van der Waals surface area contributed by atoms with Gasteiger partial charge < -0.3 is 14.2 Å². The molecule has 0 rings (SSSR count). The Morgan fingerprint density at radius 2 is 1.57 bits per heavy atom. The van der Waals surface area contributed by atoms with Gasteiger partial charge in [-0.2, -0.15) is 0 Å². The fourth-order valence-electron chi connectivity index (χ4n) is 1.85. The van der Waals surface area contributed by atoms with E-state index in [0.29, 0.717) is 19.6 Å². The molecule has 0 saturated carbocycles. The topological polar surface area (TPSA) is 61.8 Å². The van der Waals surface area contributed by atoms with Crippen molar-refractivity contribution in [1.82, 2.24) is 0 Å². The average Bonchev–Trinajstić information content (AvgIpc) is 2.47. The third-order valence-electron chi connectivity index (χ3n) is 3.15. The van der Waals surface area contributed by atoms with Crippen molar-refractivity contribution in [3.8, 4) is 0 Å².